The van der Waals surface area contributed by atoms with Crippen LogP contribution in [-0.4, -0.2) is 30.1 Å². The van der Waals surface area contributed by atoms with Gasteiger partial charge in [0.1, 0.15) is 0 Å². The summed E-state index contributed by atoms with van der Waals surface area (Å²) >= 11 is 0. The summed E-state index contributed by atoms with van der Waals surface area (Å²) in [5, 5.41) is 0. The highest BCUT2D eigenvalue weighted by Gasteiger charge is 2.56. The third kappa shape index (κ3) is 1.98. The average molecular weight is 262 g/mol. The van der Waals surface area contributed by atoms with Crippen molar-refractivity contribution in [2.45, 2.75) is 70.4 Å². The van der Waals surface area contributed by atoms with E-state index in [1.807, 2.05) is 0 Å². The molecule has 2 N–H and O–H groups in total. The SMILES string of the molecule is CC(N)C(N1CCCC1)C12CC3CC(CC(C3)C1)C2. The zero-order valence-corrected chi connectivity index (χ0v) is 12.5. The van der Waals surface area contributed by atoms with Gasteiger partial charge < -0.3 is 5.73 Å². The van der Waals surface area contributed by atoms with Crippen LogP contribution in [0.25, 0.3) is 0 Å². The summed E-state index contributed by atoms with van der Waals surface area (Å²) in [5.41, 5.74) is 7.10. The van der Waals surface area contributed by atoms with Crippen molar-refractivity contribution in [2.24, 2.45) is 28.9 Å². The Morgan fingerprint density at radius 1 is 0.947 bits per heavy atom. The van der Waals surface area contributed by atoms with E-state index in [1.165, 1.54) is 45.2 Å². The molecule has 2 atom stereocenters. The van der Waals surface area contributed by atoms with Gasteiger partial charge in [0.15, 0.2) is 0 Å². The molecule has 1 aliphatic heterocycles. The minimum absolute atomic E-state index is 0.356. The van der Waals surface area contributed by atoms with Crippen LogP contribution in [0.5, 0.6) is 0 Å². The van der Waals surface area contributed by atoms with Crippen LogP contribution in [-0.2, 0) is 0 Å². The Morgan fingerprint density at radius 3 is 1.84 bits per heavy atom. The van der Waals surface area contributed by atoms with Gasteiger partial charge in [-0.3, -0.25) is 4.90 Å². The van der Waals surface area contributed by atoms with E-state index in [0.717, 1.165) is 17.8 Å². The number of rotatable bonds is 3. The monoisotopic (exact) mass is 262 g/mol. The van der Waals surface area contributed by atoms with Crippen LogP contribution in [0.3, 0.4) is 0 Å². The van der Waals surface area contributed by atoms with Gasteiger partial charge in [0.2, 0.25) is 0 Å². The van der Waals surface area contributed by atoms with Gasteiger partial charge in [-0.1, -0.05) is 0 Å². The molecule has 4 aliphatic carbocycles. The van der Waals surface area contributed by atoms with Crippen molar-refractivity contribution >= 4 is 0 Å². The molecule has 5 aliphatic rings. The maximum Gasteiger partial charge on any atom is 0.0301 e. The van der Waals surface area contributed by atoms with E-state index in [4.69, 9.17) is 5.73 Å². The first-order valence-corrected chi connectivity index (χ1v) is 8.66. The Bertz CT molecular complexity index is 308. The van der Waals surface area contributed by atoms with Crippen LogP contribution in [0.1, 0.15) is 58.3 Å². The Hall–Kier alpha value is -0.0800. The highest BCUT2D eigenvalue weighted by molar-refractivity contribution is 5.08. The second-order valence-corrected chi connectivity index (χ2v) is 8.33. The van der Waals surface area contributed by atoms with Crippen LogP contribution in [0.15, 0.2) is 0 Å². The first-order valence-electron chi connectivity index (χ1n) is 8.66. The minimum Gasteiger partial charge on any atom is -0.327 e. The van der Waals surface area contributed by atoms with E-state index in [2.05, 4.69) is 11.8 Å². The second-order valence-electron chi connectivity index (χ2n) is 8.33. The summed E-state index contributed by atoms with van der Waals surface area (Å²) in [6.07, 6.45) is 11.9. The molecule has 4 bridgehead atoms. The predicted octanol–water partition coefficient (Wildman–Crippen LogP) is 3.01. The molecule has 2 heteroatoms. The Balaban J connectivity index is 1.64. The van der Waals surface area contributed by atoms with Crippen molar-refractivity contribution < 1.29 is 0 Å². The summed E-state index contributed by atoms with van der Waals surface area (Å²) in [5.74, 6) is 3.15. The predicted molar refractivity (Wildman–Crippen MR) is 78.8 cm³/mol. The highest BCUT2D eigenvalue weighted by atomic mass is 15.2. The van der Waals surface area contributed by atoms with Gasteiger partial charge in [0, 0.05) is 12.1 Å². The zero-order chi connectivity index (χ0) is 13.0. The van der Waals surface area contributed by atoms with E-state index in [0.29, 0.717) is 17.5 Å². The molecule has 2 unspecified atom stereocenters. The third-order valence-electron chi connectivity index (χ3n) is 6.75. The summed E-state index contributed by atoms with van der Waals surface area (Å²) in [6.45, 7) is 4.91. The van der Waals surface area contributed by atoms with Crippen molar-refractivity contribution in [3.05, 3.63) is 0 Å². The molecule has 2 nitrogen and oxygen atoms in total. The molecule has 108 valence electrons. The molecule has 0 spiro atoms. The Labute approximate surface area is 118 Å². The average Bonchev–Trinajstić information content (AvgIpc) is 2.79. The van der Waals surface area contributed by atoms with Crippen molar-refractivity contribution in [3.63, 3.8) is 0 Å². The molecular formula is C17H30N2. The lowest BCUT2D eigenvalue weighted by Gasteiger charge is -2.61. The topological polar surface area (TPSA) is 29.3 Å². The lowest BCUT2D eigenvalue weighted by atomic mass is 9.47. The Morgan fingerprint density at radius 2 is 1.42 bits per heavy atom. The minimum atomic E-state index is 0.356. The number of likely N-dealkylation sites (tertiary alicyclic amines) is 1. The van der Waals surface area contributed by atoms with E-state index < -0.39 is 0 Å². The Kier molecular flexibility index (Phi) is 2.97. The lowest BCUT2D eigenvalue weighted by molar-refractivity contribution is -0.102. The van der Waals surface area contributed by atoms with Crippen molar-refractivity contribution in [1.29, 1.82) is 0 Å². The van der Waals surface area contributed by atoms with Gasteiger partial charge >= 0.3 is 0 Å². The van der Waals surface area contributed by atoms with Gasteiger partial charge in [-0.05, 0) is 94.5 Å². The molecular weight excluding hydrogens is 232 g/mol. The number of hydrogen-bond donors (Lipinski definition) is 1. The molecule has 19 heavy (non-hydrogen) atoms. The maximum atomic E-state index is 6.50. The largest absolute Gasteiger partial charge is 0.327 e. The van der Waals surface area contributed by atoms with Gasteiger partial charge in [0.05, 0.1) is 0 Å². The molecule has 5 rings (SSSR count). The van der Waals surface area contributed by atoms with Crippen LogP contribution in [0, 0.1) is 23.2 Å². The van der Waals surface area contributed by atoms with Crippen molar-refractivity contribution in [2.75, 3.05) is 13.1 Å². The number of nitrogens with zero attached hydrogens (tertiary/aromatic N) is 1. The molecule has 0 amide bonds. The molecule has 0 aromatic heterocycles. The number of nitrogens with two attached hydrogens (primary N) is 1. The summed E-state index contributed by atoms with van der Waals surface area (Å²) in [4.78, 5) is 2.78. The van der Waals surface area contributed by atoms with Crippen molar-refractivity contribution in [1.82, 2.24) is 4.90 Å². The quantitative estimate of drug-likeness (QED) is 0.847. The van der Waals surface area contributed by atoms with Crippen LogP contribution >= 0.6 is 0 Å². The van der Waals surface area contributed by atoms with Crippen LogP contribution in [0.2, 0.25) is 0 Å². The van der Waals surface area contributed by atoms with E-state index in [9.17, 15) is 0 Å². The lowest BCUT2D eigenvalue weighted by Crippen LogP contribution is -2.61. The molecule has 0 aromatic carbocycles. The number of hydrogen-bond acceptors (Lipinski definition) is 2. The third-order valence-corrected chi connectivity index (χ3v) is 6.75. The van der Waals surface area contributed by atoms with Crippen molar-refractivity contribution in [3.8, 4) is 0 Å². The van der Waals surface area contributed by atoms with E-state index in [1.54, 1.807) is 19.3 Å². The van der Waals surface area contributed by atoms with Gasteiger partial charge in [-0.2, -0.15) is 0 Å². The second kappa shape index (κ2) is 4.46. The molecule has 1 heterocycles. The first kappa shape index (κ1) is 12.6. The standard InChI is InChI=1S/C17H30N2/c1-12(18)16(19-4-2-3-5-19)17-9-13-6-14(10-17)8-15(7-13)11-17/h12-16H,2-11,18H2,1H3. The van der Waals surface area contributed by atoms with Crippen LogP contribution < -0.4 is 5.73 Å². The summed E-state index contributed by atoms with van der Waals surface area (Å²) in [7, 11) is 0. The van der Waals surface area contributed by atoms with E-state index >= 15 is 0 Å². The van der Waals surface area contributed by atoms with Gasteiger partial charge in [0.25, 0.3) is 0 Å². The highest BCUT2D eigenvalue weighted by Crippen LogP contribution is 2.62. The van der Waals surface area contributed by atoms with Gasteiger partial charge in [-0.25, -0.2) is 0 Å². The molecule has 4 saturated carbocycles. The van der Waals surface area contributed by atoms with Crippen LogP contribution in [0.4, 0.5) is 0 Å². The van der Waals surface area contributed by atoms with Gasteiger partial charge in [-0.15, -0.1) is 0 Å². The first-order chi connectivity index (χ1) is 9.16. The molecule has 5 fully saturated rings. The summed E-state index contributed by atoms with van der Waals surface area (Å²) < 4.78 is 0. The fraction of sp³-hybridized carbons (Fsp3) is 1.00. The smallest absolute Gasteiger partial charge is 0.0301 e. The normalized spacial score (nSPS) is 48.6. The maximum absolute atomic E-state index is 6.50. The fourth-order valence-electron chi connectivity index (χ4n) is 6.84. The molecule has 1 saturated heterocycles. The molecule has 0 aromatic rings. The van der Waals surface area contributed by atoms with E-state index in [-0.39, 0.29) is 0 Å². The fourth-order valence-corrected chi connectivity index (χ4v) is 6.84. The molecule has 0 radical (unpaired) electrons. The summed E-state index contributed by atoms with van der Waals surface area (Å²) in [6, 6.07) is 1.04. The zero-order valence-electron chi connectivity index (χ0n) is 12.5.